The molecule has 2 N–H and O–H groups in total. The lowest BCUT2D eigenvalue weighted by atomic mass is 9.93. The van der Waals surface area contributed by atoms with E-state index in [9.17, 15) is 4.79 Å². The number of carbonyl (C=O) groups is 1. The number of carbonyl (C=O) groups excluding carboxylic acids is 1. The van der Waals surface area contributed by atoms with Crippen LogP contribution >= 0.6 is 0 Å². The average molecular weight is 239 g/mol. The summed E-state index contributed by atoms with van der Waals surface area (Å²) in [7, 11) is 4.03. The highest BCUT2D eigenvalue weighted by Crippen LogP contribution is 2.39. The standard InChI is InChI=1S/C13H25N3O/c1-13(14,10-6-7-10)12(17)16(3)11-5-4-8-15(2)9-11/h10-11H,4-9,14H2,1-3H3. The fourth-order valence-corrected chi connectivity index (χ4v) is 2.86. The Hall–Kier alpha value is -0.610. The minimum absolute atomic E-state index is 0.125. The highest BCUT2D eigenvalue weighted by Gasteiger charge is 2.46. The van der Waals surface area contributed by atoms with Crippen molar-refractivity contribution in [1.29, 1.82) is 0 Å². The predicted molar refractivity (Wildman–Crippen MR) is 68.6 cm³/mol. The minimum Gasteiger partial charge on any atom is -0.340 e. The number of amides is 1. The first-order valence-corrected chi connectivity index (χ1v) is 6.67. The molecule has 0 aromatic heterocycles. The maximum Gasteiger partial charge on any atom is 0.242 e. The van der Waals surface area contributed by atoms with Crippen molar-refractivity contribution in [2.24, 2.45) is 11.7 Å². The average Bonchev–Trinajstić information content (AvgIpc) is 3.11. The first-order valence-electron chi connectivity index (χ1n) is 6.67. The lowest BCUT2D eigenvalue weighted by Crippen LogP contribution is -2.58. The monoisotopic (exact) mass is 239 g/mol. The van der Waals surface area contributed by atoms with Crippen molar-refractivity contribution in [2.75, 3.05) is 27.2 Å². The van der Waals surface area contributed by atoms with Gasteiger partial charge in [0.15, 0.2) is 0 Å². The summed E-state index contributed by atoms with van der Waals surface area (Å²) in [4.78, 5) is 16.6. The third-order valence-corrected chi connectivity index (χ3v) is 4.35. The molecule has 1 heterocycles. The highest BCUT2D eigenvalue weighted by atomic mass is 16.2. The molecule has 0 aromatic rings. The number of likely N-dealkylation sites (N-methyl/N-ethyl adjacent to an activating group) is 2. The molecule has 1 saturated heterocycles. The molecule has 4 nitrogen and oxygen atoms in total. The number of nitrogens with two attached hydrogens (primary N) is 1. The van der Waals surface area contributed by atoms with E-state index >= 15 is 0 Å². The molecular formula is C13H25N3O. The Bertz CT molecular complexity index is 299. The second kappa shape index (κ2) is 4.58. The Kier molecular flexibility index (Phi) is 3.46. The van der Waals surface area contributed by atoms with Crippen molar-refractivity contribution in [2.45, 2.75) is 44.2 Å². The Labute approximate surface area is 104 Å². The van der Waals surface area contributed by atoms with Gasteiger partial charge >= 0.3 is 0 Å². The van der Waals surface area contributed by atoms with Crippen molar-refractivity contribution in [3.8, 4) is 0 Å². The molecule has 4 heteroatoms. The fourth-order valence-electron chi connectivity index (χ4n) is 2.86. The summed E-state index contributed by atoms with van der Waals surface area (Å²) in [6.07, 6.45) is 4.49. The smallest absolute Gasteiger partial charge is 0.242 e. The zero-order valence-electron chi connectivity index (χ0n) is 11.3. The Balaban J connectivity index is 1.98. The lowest BCUT2D eigenvalue weighted by Gasteiger charge is -2.39. The topological polar surface area (TPSA) is 49.6 Å². The molecule has 98 valence electrons. The van der Waals surface area contributed by atoms with Crippen LogP contribution in [0.5, 0.6) is 0 Å². The first-order chi connectivity index (χ1) is 7.93. The zero-order chi connectivity index (χ0) is 12.6. The number of piperidine rings is 1. The molecule has 17 heavy (non-hydrogen) atoms. The van der Waals surface area contributed by atoms with Crippen molar-refractivity contribution < 1.29 is 4.79 Å². The molecule has 1 aliphatic heterocycles. The molecule has 1 aliphatic carbocycles. The van der Waals surface area contributed by atoms with Gasteiger partial charge in [0.2, 0.25) is 5.91 Å². The van der Waals surface area contributed by atoms with Gasteiger partial charge in [-0.15, -0.1) is 0 Å². The highest BCUT2D eigenvalue weighted by molar-refractivity contribution is 5.86. The van der Waals surface area contributed by atoms with E-state index in [-0.39, 0.29) is 5.91 Å². The third kappa shape index (κ3) is 2.63. The van der Waals surface area contributed by atoms with Gasteiger partial charge < -0.3 is 15.5 Å². The van der Waals surface area contributed by atoms with Gasteiger partial charge in [-0.25, -0.2) is 0 Å². The van der Waals surface area contributed by atoms with Crippen LogP contribution in [0, 0.1) is 5.92 Å². The zero-order valence-corrected chi connectivity index (χ0v) is 11.3. The van der Waals surface area contributed by atoms with Crippen LogP contribution in [0.3, 0.4) is 0 Å². The minimum atomic E-state index is -0.648. The molecule has 0 aromatic carbocycles. The van der Waals surface area contributed by atoms with E-state index in [1.807, 2.05) is 18.9 Å². The van der Waals surface area contributed by atoms with Crippen LogP contribution in [0.25, 0.3) is 0 Å². The Morgan fingerprint density at radius 3 is 2.59 bits per heavy atom. The second-order valence-corrected chi connectivity index (χ2v) is 6.03. The third-order valence-electron chi connectivity index (χ3n) is 4.35. The predicted octanol–water partition coefficient (Wildman–Crippen LogP) is 0.666. The van der Waals surface area contributed by atoms with E-state index in [0.29, 0.717) is 12.0 Å². The summed E-state index contributed by atoms with van der Waals surface area (Å²) in [5.74, 6) is 0.527. The van der Waals surface area contributed by atoms with Crippen LogP contribution in [-0.4, -0.2) is 54.5 Å². The molecule has 2 atom stereocenters. The van der Waals surface area contributed by atoms with Gasteiger partial charge in [0.1, 0.15) is 0 Å². The van der Waals surface area contributed by atoms with Crippen molar-refractivity contribution in [3.05, 3.63) is 0 Å². The number of hydrogen-bond acceptors (Lipinski definition) is 3. The number of rotatable bonds is 3. The molecule has 0 bridgehead atoms. The SMILES string of the molecule is CN1CCCC(N(C)C(=O)C(C)(N)C2CC2)C1. The lowest BCUT2D eigenvalue weighted by molar-refractivity contribution is -0.139. The van der Waals surface area contributed by atoms with Gasteiger partial charge in [-0.05, 0) is 52.1 Å². The van der Waals surface area contributed by atoms with Gasteiger partial charge in [0, 0.05) is 19.6 Å². The molecule has 2 rings (SSSR count). The van der Waals surface area contributed by atoms with E-state index in [4.69, 9.17) is 5.73 Å². The summed E-state index contributed by atoms with van der Waals surface area (Å²) in [5, 5.41) is 0. The van der Waals surface area contributed by atoms with Crippen LogP contribution in [0.15, 0.2) is 0 Å². The number of hydrogen-bond donors (Lipinski definition) is 1. The summed E-state index contributed by atoms with van der Waals surface area (Å²) in [5.41, 5.74) is 5.55. The van der Waals surface area contributed by atoms with E-state index in [2.05, 4.69) is 11.9 Å². The first kappa shape index (κ1) is 12.8. The molecule has 2 aliphatic rings. The quantitative estimate of drug-likeness (QED) is 0.787. The second-order valence-electron chi connectivity index (χ2n) is 6.03. The number of nitrogens with zero attached hydrogens (tertiary/aromatic N) is 2. The maximum atomic E-state index is 12.4. The summed E-state index contributed by atoms with van der Waals surface area (Å²) in [6.45, 7) is 4.01. The molecule has 1 amide bonds. The largest absolute Gasteiger partial charge is 0.340 e. The van der Waals surface area contributed by atoms with Crippen LogP contribution < -0.4 is 5.73 Å². The van der Waals surface area contributed by atoms with Crippen molar-refractivity contribution >= 4 is 5.91 Å². The van der Waals surface area contributed by atoms with Gasteiger partial charge in [-0.3, -0.25) is 4.79 Å². The van der Waals surface area contributed by atoms with Crippen molar-refractivity contribution in [3.63, 3.8) is 0 Å². The van der Waals surface area contributed by atoms with Crippen LogP contribution in [0.4, 0.5) is 0 Å². The molecular weight excluding hydrogens is 214 g/mol. The summed E-state index contributed by atoms with van der Waals surface area (Å²) in [6, 6.07) is 0.336. The van der Waals surface area contributed by atoms with Crippen molar-refractivity contribution in [1.82, 2.24) is 9.80 Å². The summed E-state index contributed by atoms with van der Waals surface area (Å²) < 4.78 is 0. The molecule has 0 radical (unpaired) electrons. The van der Waals surface area contributed by atoms with Crippen LogP contribution in [0.2, 0.25) is 0 Å². The number of likely N-dealkylation sites (tertiary alicyclic amines) is 1. The van der Waals surface area contributed by atoms with Gasteiger partial charge in [0.05, 0.1) is 5.54 Å². The van der Waals surface area contributed by atoms with E-state index in [1.54, 1.807) is 0 Å². The maximum absolute atomic E-state index is 12.4. The Morgan fingerprint density at radius 1 is 1.41 bits per heavy atom. The van der Waals surface area contributed by atoms with Crippen LogP contribution in [-0.2, 0) is 4.79 Å². The fraction of sp³-hybridized carbons (Fsp3) is 0.923. The molecule has 2 fully saturated rings. The van der Waals surface area contributed by atoms with E-state index in [1.165, 1.54) is 6.42 Å². The molecule has 0 spiro atoms. The van der Waals surface area contributed by atoms with Gasteiger partial charge in [-0.2, -0.15) is 0 Å². The van der Waals surface area contributed by atoms with E-state index in [0.717, 1.165) is 32.4 Å². The molecule has 1 saturated carbocycles. The van der Waals surface area contributed by atoms with E-state index < -0.39 is 5.54 Å². The summed E-state index contributed by atoms with van der Waals surface area (Å²) >= 11 is 0. The normalized spacial score (nSPS) is 29.8. The Morgan fingerprint density at radius 2 is 2.06 bits per heavy atom. The van der Waals surface area contributed by atoms with Gasteiger partial charge in [-0.1, -0.05) is 0 Å². The van der Waals surface area contributed by atoms with Crippen LogP contribution in [0.1, 0.15) is 32.6 Å². The molecule has 2 unspecified atom stereocenters. The van der Waals surface area contributed by atoms with Gasteiger partial charge in [0.25, 0.3) is 0 Å².